The van der Waals surface area contributed by atoms with Crippen molar-refractivity contribution in [3.8, 4) is 17.1 Å². The number of aromatic nitrogens is 2. The molecule has 9 heteroatoms. The molecule has 3 aromatic rings. The van der Waals surface area contributed by atoms with Gasteiger partial charge in [-0.05, 0) is 68.0 Å². The lowest BCUT2D eigenvalue weighted by molar-refractivity contribution is 0.102. The molecule has 2 N–H and O–H groups in total. The Kier molecular flexibility index (Phi) is 6.67. The fourth-order valence-corrected chi connectivity index (χ4v) is 5.77. The van der Waals surface area contributed by atoms with Gasteiger partial charge in [0.15, 0.2) is 5.82 Å². The van der Waals surface area contributed by atoms with Gasteiger partial charge in [-0.25, -0.2) is 18.4 Å². The second kappa shape index (κ2) is 9.52. The van der Waals surface area contributed by atoms with Crippen molar-refractivity contribution in [2.75, 3.05) is 18.4 Å². The molecule has 0 unspecified atom stereocenters. The molecule has 1 fully saturated rings. The lowest BCUT2D eigenvalue weighted by Crippen LogP contribution is -2.38. The molecule has 178 valence electrons. The van der Waals surface area contributed by atoms with Gasteiger partial charge < -0.3 is 10.4 Å². The SMILES string of the molecule is Cc1cc(C(=O)Nc2cnc(-c3cccc(O)c3)nc2)cc(S(=O)(=O)N2CCC(C)CC2)c1C. The van der Waals surface area contributed by atoms with Crippen LogP contribution in [0.3, 0.4) is 0 Å². The largest absolute Gasteiger partial charge is 0.508 e. The number of piperidine rings is 1. The van der Waals surface area contributed by atoms with E-state index >= 15 is 0 Å². The van der Waals surface area contributed by atoms with E-state index in [1.165, 1.54) is 22.8 Å². The zero-order valence-electron chi connectivity index (χ0n) is 19.4. The van der Waals surface area contributed by atoms with Gasteiger partial charge in [0.05, 0.1) is 23.0 Å². The molecule has 1 aliphatic heterocycles. The van der Waals surface area contributed by atoms with Gasteiger partial charge in [0.1, 0.15) is 5.75 Å². The summed E-state index contributed by atoms with van der Waals surface area (Å²) in [6.45, 7) is 6.67. The van der Waals surface area contributed by atoms with Gasteiger partial charge in [-0.3, -0.25) is 4.79 Å². The Bertz CT molecular complexity index is 1320. The number of anilines is 1. The van der Waals surface area contributed by atoms with Crippen molar-refractivity contribution in [1.29, 1.82) is 0 Å². The van der Waals surface area contributed by atoms with E-state index in [1.54, 1.807) is 44.2 Å². The fourth-order valence-electron chi connectivity index (χ4n) is 3.98. The number of benzene rings is 2. The number of aryl methyl sites for hydroxylation is 1. The number of rotatable bonds is 5. The molecule has 2 heterocycles. The summed E-state index contributed by atoms with van der Waals surface area (Å²) in [4.78, 5) is 21.6. The summed E-state index contributed by atoms with van der Waals surface area (Å²) in [7, 11) is -3.70. The number of aromatic hydroxyl groups is 1. The number of phenolic OH excluding ortho intramolecular Hbond substituents is 1. The minimum atomic E-state index is -3.70. The highest BCUT2D eigenvalue weighted by Crippen LogP contribution is 2.28. The van der Waals surface area contributed by atoms with Crippen molar-refractivity contribution < 1.29 is 18.3 Å². The maximum Gasteiger partial charge on any atom is 0.255 e. The van der Waals surface area contributed by atoms with Crippen LogP contribution in [0.2, 0.25) is 0 Å². The standard InChI is InChI=1S/C25H28N4O4S/c1-16-7-9-29(10-8-16)34(32,33)23-13-20(11-17(2)18(23)3)25(31)28-21-14-26-24(27-15-21)19-5-4-6-22(30)12-19/h4-6,11-16,30H,7-10H2,1-3H3,(H,28,31). The molecule has 0 saturated carbocycles. The van der Waals surface area contributed by atoms with Crippen LogP contribution in [0.4, 0.5) is 5.69 Å². The molecule has 8 nitrogen and oxygen atoms in total. The fraction of sp³-hybridized carbons (Fsp3) is 0.320. The van der Waals surface area contributed by atoms with Gasteiger partial charge in [0, 0.05) is 24.2 Å². The molecule has 0 spiro atoms. The predicted octanol–water partition coefficient (Wildman–Crippen LogP) is 4.14. The molecular formula is C25H28N4O4S. The molecule has 0 bridgehead atoms. The van der Waals surface area contributed by atoms with Crippen molar-refractivity contribution in [2.24, 2.45) is 5.92 Å². The molecule has 34 heavy (non-hydrogen) atoms. The average molecular weight is 481 g/mol. The average Bonchev–Trinajstić information content (AvgIpc) is 2.81. The number of hydrogen-bond donors (Lipinski definition) is 2. The van der Waals surface area contributed by atoms with E-state index in [1.807, 2.05) is 0 Å². The highest BCUT2D eigenvalue weighted by molar-refractivity contribution is 7.89. The lowest BCUT2D eigenvalue weighted by atomic mass is 10.0. The maximum absolute atomic E-state index is 13.4. The first-order valence-electron chi connectivity index (χ1n) is 11.2. The summed E-state index contributed by atoms with van der Waals surface area (Å²) in [5.74, 6) is 0.579. The van der Waals surface area contributed by atoms with Crippen molar-refractivity contribution in [2.45, 2.75) is 38.5 Å². The zero-order chi connectivity index (χ0) is 24.5. The number of phenols is 1. The Hall–Kier alpha value is -3.30. The van der Waals surface area contributed by atoms with E-state index in [0.717, 1.165) is 18.4 Å². The zero-order valence-corrected chi connectivity index (χ0v) is 20.3. The highest BCUT2D eigenvalue weighted by Gasteiger charge is 2.30. The summed E-state index contributed by atoms with van der Waals surface area (Å²) in [6, 6.07) is 9.71. The molecule has 4 rings (SSSR count). The smallest absolute Gasteiger partial charge is 0.255 e. The Morgan fingerprint density at radius 1 is 1.09 bits per heavy atom. The normalized spacial score (nSPS) is 15.3. The highest BCUT2D eigenvalue weighted by atomic mass is 32.2. The summed E-state index contributed by atoms with van der Waals surface area (Å²) in [6.07, 6.45) is 4.60. The van der Waals surface area contributed by atoms with Crippen LogP contribution in [0.15, 0.2) is 53.7 Å². The van der Waals surface area contributed by atoms with Gasteiger partial charge >= 0.3 is 0 Å². The molecule has 1 aromatic heterocycles. The molecule has 1 amide bonds. The molecular weight excluding hydrogens is 452 g/mol. The van der Waals surface area contributed by atoms with Crippen LogP contribution in [0, 0.1) is 19.8 Å². The minimum Gasteiger partial charge on any atom is -0.508 e. The van der Waals surface area contributed by atoms with Gasteiger partial charge in [-0.1, -0.05) is 19.1 Å². The van der Waals surface area contributed by atoms with Gasteiger partial charge in [0.25, 0.3) is 5.91 Å². The van der Waals surface area contributed by atoms with Gasteiger partial charge in [-0.15, -0.1) is 0 Å². The third-order valence-electron chi connectivity index (χ3n) is 6.26. The van der Waals surface area contributed by atoms with E-state index in [4.69, 9.17) is 0 Å². The Labute approximate surface area is 199 Å². The first-order chi connectivity index (χ1) is 16.1. The van der Waals surface area contributed by atoms with Crippen LogP contribution in [-0.2, 0) is 10.0 Å². The lowest BCUT2D eigenvalue weighted by Gasteiger charge is -2.30. The Morgan fingerprint density at radius 2 is 1.76 bits per heavy atom. The van der Waals surface area contributed by atoms with Crippen molar-refractivity contribution >= 4 is 21.6 Å². The van der Waals surface area contributed by atoms with Crippen LogP contribution in [0.25, 0.3) is 11.4 Å². The van der Waals surface area contributed by atoms with Crippen molar-refractivity contribution in [3.05, 3.63) is 65.5 Å². The quantitative estimate of drug-likeness (QED) is 0.568. The second-order valence-corrected chi connectivity index (χ2v) is 10.7. The number of nitrogens with zero attached hydrogens (tertiary/aromatic N) is 3. The number of nitrogens with one attached hydrogen (secondary N) is 1. The Morgan fingerprint density at radius 3 is 2.41 bits per heavy atom. The van der Waals surface area contributed by atoms with Crippen molar-refractivity contribution in [3.63, 3.8) is 0 Å². The topological polar surface area (TPSA) is 112 Å². The first-order valence-corrected chi connectivity index (χ1v) is 12.6. The van der Waals surface area contributed by atoms with E-state index in [2.05, 4.69) is 22.2 Å². The number of sulfonamides is 1. The van der Waals surface area contributed by atoms with E-state index in [-0.39, 0.29) is 16.2 Å². The Balaban J connectivity index is 1.56. The van der Waals surface area contributed by atoms with Crippen molar-refractivity contribution in [1.82, 2.24) is 14.3 Å². The third-order valence-corrected chi connectivity index (χ3v) is 8.28. The molecule has 1 saturated heterocycles. The van der Waals surface area contributed by atoms with Crippen LogP contribution in [0.1, 0.15) is 41.3 Å². The molecule has 0 radical (unpaired) electrons. The number of hydrogen-bond acceptors (Lipinski definition) is 6. The molecule has 0 aliphatic carbocycles. The number of carbonyl (C=O) groups excluding carboxylic acids is 1. The monoisotopic (exact) mass is 480 g/mol. The third kappa shape index (κ3) is 4.95. The first kappa shape index (κ1) is 23.8. The van der Waals surface area contributed by atoms with Gasteiger partial charge in [-0.2, -0.15) is 4.31 Å². The van der Waals surface area contributed by atoms with Crippen LogP contribution >= 0.6 is 0 Å². The molecule has 2 aromatic carbocycles. The van der Waals surface area contributed by atoms with Crippen LogP contribution < -0.4 is 5.32 Å². The second-order valence-electron chi connectivity index (χ2n) is 8.80. The molecule has 1 aliphatic rings. The predicted molar refractivity (Wildman–Crippen MR) is 130 cm³/mol. The maximum atomic E-state index is 13.4. The summed E-state index contributed by atoms with van der Waals surface area (Å²) >= 11 is 0. The van der Waals surface area contributed by atoms with Crippen LogP contribution in [0.5, 0.6) is 5.75 Å². The molecule has 0 atom stereocenters. The van der Waals surface area contributed by atoms with E-state index in [9.17, 15) is 18.3 Å². The van der Waals surface area contributed by atoms with Gasteiger partial charge in [0.2, 0.25) is 10.0 Å². The summed E-state index contributed by atoms with van der Waals surface area (Å²) in [5, 5.41) is 12.4. The summed E-state index contributed by atoms with van der Waals surface area (Å²) < 4.78 is 28.2. The van der Waals surface area contributed by atoms with Crippen LogP contribution in [-0.4, -0.2) is 46.8 Å². The minimum absolute atomic E-state index is 0.109. The van der Waals surface area contributed by atoms with E-state index in [0.29, 0.717) is 41.6 Å². The summed E-state index contributed by atoms with van der Waals surface area (Å²) in [5.41, 5.74) is 2.65. The number of amides is 1. The number of carbonyl (C=O) groups is 1. The van der Waals surface area contributed by atoms with E-state index < -0.39 is 15.9 Å².